The van der Waals surface area contributed by atoms with Crippen molar-refractivity contribution in [3.8, 4) is 28.5 Å². The van der Waals surface area contributed by atoms with Crippen molar-refractivity contribution >= 4 is 39.1 Å². The van der Waals surface area contributed by atoms with E-state index >= 15 is 0 Å². The second kappa shape index (κ2) is 8.03. The number of ether oxygens (including phenoxy) is 2. The van der Waals surface area contributed by atoms with E-state index < -0.39 is 0 Å². The smallest absolute Gasteiger partial charge is 0.187 e. The largest absolute Gasteiger partial charge is 0.508 e. The molecule has 3 aromatic rings. The van der Waals surface area contributed by atoms with Crippen molar-refractivity contribution in [3.05, 3.63) is 47.8 Å². The molecule has 0 amide bonds. The number of thiazole rings is 1. The topological polar surface area (TPSA) is 63.6 Å². The number of methoxy groups -OCH3 is 2. The van der Waals surface area contributed by atoms with Crippen LogP contribution in [0.1, 0.15) is 0 Å². The summed E-state index contributed by atoms with van der Waals surface area (Å²) in [6.45, 7) is 0. The molecule has 2 N–H and O–H groups in total. The lowest BCUT2D eigenvalue weighted by molar-refractivity contribution is 0.355. The van der Waals surface area contributed by atoms with Crippen LogP contribution < -0.4 is 14.8 Å². The van der Waals surface area contributed by atoms with Crippen molar-refractivity contribution in [3.63, 3.8) is 0 Å². The van der Waals surface area contributed by atoms with E-state index in [0.717, 1.165) is 22.1 Å². The molecule has 0 bridgehead atoms. The van der Waals surface area contributed by atoms with Gasteiger partial charge in [0.2, 0.25) is 0 Å². The van der Waals surface area contributed by atoms with Crippen LogP contribution in [0.4, 0.5) is 10.8 Å². The Labute approximate surface area is 154 Å². The normalized spacial score (nSPS) is 9.92. The van der Waals surface area contributed by atoms with Gasteiger partial charge in [-0.2, -0.15) is 0 Å². The van der Waals surface area contributed by atoms with E-state index in [9.17, 15) is 5.11 Å². The Morgan fingerprint density at radius 1 is 1.04 bits per heavy atom. The van der Waals surface area contributed by atoms with Gasteiger partial charge in [-0.15, -0.1) is 28.3 Å². The van der Waals surface area contributed by atoms with E-state index in [2.05, 4.69) is 10.3 Å². The maximum absolute atomic E-state index is 9.50. The predicted molar refractivity (Wildman–Crippen MR) is 102 cm³/mol. The summed E-state index contributed by atoms with van der Waals surface area (Å²) in [5.41, 5.74) is 2.58. The van der Waals surface area contributed by atoms with Crippen LogP contribution in [0, 0.1) is 0 Å². The molecule has 0 atom stereocenters. The number of phenols is 1. The van der Waals surface area contributed by atoms with E-state index in [1.54, 1.807) is 32.4 Å². The fourth-order valence-corrected chi connectivity index (χ4v) is 2.91. The lowest BCUT2D eigenvalue weighted by atomic mass is 10.1. The Morgan fingerprint density at radius 2 is 1.83 bits per heavy atom. The van der Waals surface area contributed by atoms with Gasteiger partial charge in [0.1, 0.15) is 5.75 Å². The Hall–Kier alpha value is -2.25. The molecule has 3 rings (SSSR count). The standard InChI is InChI=1S/C17H16N2O3S.BrH/c1-21-15-7-6-11(8-16(15)22-2)14-10-23-17(19-14)18-12-4-3-5-13(20)9-12;/h3-10,20H,1-2H3,(H,18,19);1H. The third-order valence-corrected chi connectivity index (χ3v) is 4.04. The van der Waals surface area contributed by atoms with Crippen LogP contribution in [-0.4, -0.2) is 24.3 Å². The summed E-state index contributed by atoms with van der Waals surface area (Å²) in [5.74, 6) is 1.57. The molecule has 0 saturated heterocycles. The third-order valence-electron chi connectivity index (χ3n) is 3.28. The summed E-state index contributed by atoms with van der Waals surface area (Å²) in [4.78, 5) is 4.57. The van der Waals surface area contributed by atoms with Gasteiger partial charge in [0, 0.05) is 22.7 Å². The second-order valence-electron chi connectivity index (χ2n) is 4.78. The van der Waals surface area contributed by atoms with Crippen molar-refractivity contribution in [2.75, 3.05) is 19.5 Å². The minimum absolute atomic E-state index is 0. The molecular formula is C17H17BrN2O3S. The number of halogens is 1. The van der Waals surface area contributed by atoms with Crippen molar-refractivity contribution < 1.29 is 14.6 Å². The lowest BCUT2D eigenvalue weighted by Gasteiger charge is -2.08. The van der Waals surface area contributed by atoms with Gasteiger partial charge in [-0.05, 0) is 30.3 Å². The molecule has 0 spiro atoms. The highest BCUT2D eigenvalue weighted by molar-refractivity contribution is 8.93. The van der Waals surface area contributed by atoms with Crippen molar-refractivity contribution in [2.24, 2.45) is 0 Å². The zero-order chi connectivity index (χ0) is 16.2. The average Bonchev–Trinajstić information content (AvgIpc) is 3.02. The molecule has 5 nitrogen and oxygen atoms in total. The van der Waals surface area contributed by atoms with Crippen molar-refractivity contribution in [2.45, 2.75) is 0 Å². The maximum Gasteiger partial charge on any atom is 0.187 e. The monoisotopic (exact) mass is 408 g/mol. The Morgan fingerprint density at radius 3 is 2.54 bits per heavy atom. The number of aromatic hydroxyl groups is 1. The quantitative estimate of drug-likeness (QED) is 0.631. The fraction of sp³-hybridized carbons (Fsp3) is 0.118. The highest BCUT2D eigenvalue weighted by atomic mass is 79.9. The number of rotatable bonds is 5. The molecule has 24 heavy (non-hydrogen) atoms. The first-order valence-corrected chi connectivity index (χ1v) is 7.81. The molecule has 0 fully saturated rings. The third kappa shape index (κ3) is 3.98. The van der Waals surface area contributed by atoms with Crippen LogP contribution in [-0.2, 0) is 0 Å². The molecule has 0 saturated carbocycles. The molecule has 0 aliphatic carbocycles. The van der Waals surface area contributed by atoms with Gasteiger partial charge in [0.15, 0.2) is 16.6 Å². The van der Waals surface area contributed by atoms with Crippen LogP contribution in [0.5, 0.6) is 17.2 Å². The van der Waals surface area contributed by atoms with Gasteiger partial charge < -0.3 is 19.9 Å². The summed E-state index contributed by atoms with van der Waals surface area (Å²) in [6.07, 6.45) is 0. The van der Waals surface area contributed by atoms with Crippen LogP contribution in [0.25, 0.3) is 11.3 Å². The van der Waals surface area contributed by atoms with E-state index in [4.69, 9.17) is 9.47 Å². The SMILES string of the molecule is Br.COc1ccc(-c2csc(Nc3cccc(O)c3)n2)cc1OC. The Kier molecular flexibility index (Phi) is 6.05. The van der Waals surface area contributed by atoms with Crippen LogP contribution in [0.15, 0.2) is 47.8 Å². The highest BCUT2D eigenvalue weighted by Gasteiger charge is 2.09. The summed E-state index contributed by atoms with van der Waals surface area (Å²) < 4.78 is 10.6. The molecule has 2 aromatic carbocycles. The number of nitrogens with one attached hydrogen (secondary N) is 1. The number of benzene rings is 2. The number of anilines is 2. The zero-order valence-corrected chi connectivity index (χ0v) is 15.7. The first-order chi connectivity index (χ1) is 11.2. The summed E-state index contributed by atoms with van der Waals surface area (Å²) in [5, 5.41) is 15.4. The molecule has 0 radical (unpaired) electrons. The molecule has 7 heteroatoms. The van der Waals surface area contributed by atoms with Gasteiger partial charge in [-0.3, -0.25) is 0 Å². The van der Waals surface area contributed by atoms with E-state index in [-0.39, 0.29) is 22.7 Å². The first kappa shape index (κ1) is 18.1. The minimum atomic E-state index is 0. The summed E-state index contributed by atoms with van der Waals surface area (Å²) in [6, 6.07) is 12.6. The van der Waals surface area contributed by atoms with E-state index in [0.29, 0.717) is 11.5 Å². The van der Waals surface area contributed by atoms with Gasteiger partial charge >= 0.3 is 0 Å². The molecular weight excluding hydrogens is 392 g/mol. The number of phenolic OH excluding ortho intramolecular Hbond substituents is 1. The molecule has 0 aliphatic heterocycles. The highest BCUT2D eigenvalue weighted by Crippen LogP contribution is 2.34. The van der Waals surface area contributed by atoms with Crippen LogP contribution in [0.2, 0.25) is 0 Å². The zero-order valence-electron chi connectivity index (χ0n) is 13.1. The van der Waals surface area contributed by atoms with Crippen molar-refractivity contribution in [1.82, 2.24) is 4.98 Å². The number of aromatic nitrogens is 1. The maximum atomic E-state index is 9.50. The number of nitrogens with zero attached hydrogens (tertiary/aromatic N) is 1. The van der Waals surface area contributed by atoms with Gasteiger partial charge in [0.05, 0.1) is 19.9 Å². The lowest BCUT2D eigenvalue weighted by Crippen LogP contribution is -1.91. The van der Waals surface area contributed by atoms with Crippen molar-refractivity contribution in [1.29, 1.82) is 0 Å². The summed E-state index contributed by atoms with van der Waals surface area (Å²) >= 11 is 1.49. The number of hydrogen-bond acceptors (Lipinski definition) is 6. The summed E-state index contributed by atoms with van der Waals surface area (Å²) in [7, 11) is 3.22. The van der Waals surface area contributed by atoms with E-state index in [1.165, 1.54) is 11.3 Å². The molecule has 1 aromatic heterocycles. The predicted octanol–water partition coefficient (Wildman–Crippen LogP) is 4.85. The average molecular weight is 409 g/mol. The van der Waals surface area contributed by atoms with Crippen LogP contribution in [0.3, 0.4) is 0 Å². The number of hydrogen-bond donors (Lipinski definition) is 2. The Balaban J connectivity index is 0.00000208. The van der Waals surface area contributed by atoms with Crippen LogP contribution >= 0.6 is 28.3 Å². The molecule has 126 valence electrons. The molecule has 1 heterocycles. The second-order valence-corrected chi connectivity index (χ2v) is 5.64. The first-order valence-electron chi connectivity index (χ1n) is 6.93. The van der Waals surface area contributed by atoms with Gasteiger partial charge in [-0.25, -0.2) is 4.98 Å². The fourth-order valence-electron chi connectivity index (χ4n) is 2.17. The Bertz CT molecular complexity index is 823. The van der Waals surface area contributed by atoms with E-state index in [1.807, 2.05) is 29.6 Å². The van der Waals surface area contributed by atoms with Gasteiger partial charge in [-0.1, -0.05) is 6.07 Å². The minimum Gasteiger partial charge on any atom is -0.508 e. The molecule has 0 unspecified atom stereocenters. The molecule has 0 aliphatic rings. The van der Waals surface area contributed by atoms with Gasteiger partial charge in [0.25, 0.3) is 0 Å².